The Morgan fingerprint density at radius 3 is 0.147 bits per heavy atom. The van der Waals surface area contributed by atoms with Gasteiger partial charge in [-0.15, -0.1) is 0 Å². The zero-order valence-electron chi connectivity index (χ0n) is 30.0. The van der Waals surface area contributed by atoms with Crippen LogP contribution >= 0.6 is 0 Å². The van der Waals surface area contributed by atoms with Crippen LogP contribution in [0.2, 0.25) is 0 Å². The quantitative estimate of drug-likeness (QED) is 0.203. The van der Waals surface area contributed by atoms with E-state index in [0.717, 1.165) is 0 Å². The average molecular weight is 2580 g/mol. The summed E-state index contributed by atoms with van der Waals surface area (Å²) in [5.41, 5.74) is 0. The van der Waals surface area contributed by atoms with Crippen LogP contribution in [0.4, 0.5) is 0 Å². The summed E-state index contributed by atoms with van der Waals surface area (Å²) in [7, 11) is 0. The Bertz CT molecular complexity index is 797. The third-order valence-corrected chi connectivity index (χ3v) is 0. The van der Waals surface area contributed by atoms with Crippen LogP contribution in [0, 0.1) is 0 Å². The van der Waals surface area contributed by atoms with E-state index in [9.17, 15) is 0 Å². The number of rotatable bonds is 0. The summed E-state index contributed by atoms with van der Waals surface area (Å²) in [5.74, 6) is 0. The van der Waals surface area contributed by atoms with Gasteiger partial charge in [-0.1, -0.05) is 0 Å². The van der Waals surface area contributed by atoms with Crippen LogP contribution in [0.25, 0.3) is 0 Å². The van der Waals surface area contributed by atoms with Crippen LogP contribution in [-0.2, 0) is 419 Å². The summed E-state index contributed by atoms with van der Waals surface area (Å²) in [5, 5.41) is 0. The van der Waals surface area contributed by atoms with Crippen molar-refractivity contribution in [3.05, 3.63) is 0 Å². The monoisotopic (exact) mass is 2580 g/mol. The van der Waals surface area contributed by atoms with Crippen molar-refractivity contribution in [3.63, 3.8) is 0 Å². The van der Waals surface area contributed by atoms with E-state index in [1.165, 1.54) is 0 Å². The standard InChI is InChI=1S/2Bi.2Nb.45O.2Sr.2Ta.15Ti/q2*+3;2*+5;;;;;;;;;;;;;;;;30*-1;2*+2;2*+5;;;;;;;;;;;;;;;. The fraction of sp³-hybridized carbons (Fsp3) is 0. The molecule has 0 aliphatic carbocycles. The largest absolute Gasteiger partial charge is 5.00 e. The Morgan fingerprint density at radius 1 is 0.147 bits per heavy atom. The van der Waals surface area contributed by atoms with Gasteiger partial charge in [0, 0.05) is 0 Å². The smallest absolute Gasteiger partial charge is 2.00 e. The summed E-state index contributed by atoms with van der Waals surface area (Å²) in [4.78, 5) is 0. The summed E-state index contributed by atoms with van der Waals surface area (Å²) >= 11 is -61.3. The molecule has 0 aliphatic heterocycles. The van der Waals surface area contributed by atoms with Crippen molar-refractivity contribution in [3.8, 4) is 0 Å². The molecule has 68 heteroatoms. The first-order valence-corrected chi connectivity index (χ1v) is 37.9. The van der Waals surface area contributed by atoms with Crippen molar-refractivity contribution >= 4 is 143 Å². The first-order chi connectivity index (χ1) is 26.0. The zero-order valence-corrected chi connectivity index (χ0v) is 78.1. The molecule has 0 aliphatic rings. The molecule has 0 saturated carbocycles. The Morgan fingerprint density at radius 2 is 0.147 bits per heavy atom. The Hall–Kier alpha value is 14.2. The molecule has 364 valence electrons. The summed E-state index contributed by atoms with van der Waals surface area (Å²) < 4.78 is 386. The molecule has 0 spiro atoms. The van der Waals surface area contributed by atoms with Crippen molar-refractivity contribution in [1.82, 2.24) is 0 Å². The van der Waals surface area contributed by atoms with E-state index in [2.05, 4.69) is 0 Å². The van der Waals surface area contributed by atoms with Crippen molar-refractivity contribution < 1.29 is 529 Å². The van der Waals surface area contributed by atoms with E-state index in [-0.39, 0.29) is 233 Å². The molecule has 0 atom stereocenters. The minimum absolute atomic E-state index is 0. The molecule has 0 amide bonds. The fourth-order valence-corrected chi connectivity index (χ4v) is 0. The molecule has 0 aromatic carbocycles. The molecular weight excluding hydrogens is 2580 g/mol. The maximum atomic E-state index is 8.58. The zero-order chi connectivity index (χ0) is 53.7. The van der Waals surface area contributed by atoms with Gasteiger partial charge in [0.05, 0.1) is 0 Å². The molecule has 0 saturated heterocycles. The van der Waals surface area contributed by atoms with Gasteiger partial charge in [-0.25, -0.2) is 0 Å². The minimum atomic E-state index is -4.08. The maximum Gasteiger partial charge on any atom is 5.00 e. The predicted molar refractivity (Wildman–Crippen MR) is 33.3 cm³/mol. The molecule has 0 aromatic rings. The van der Waals surface area contributed by atoms with E-state index in [1.54, 1.807) is 0 Å². The first-order valence-electron chi connectivity index (χ1n) is 9.19. The van der Waals surface area contributed by atoms with Gasteiger partial charge in [-0.3, -0.25) is 0 Å². The fourth-order valence-electron chi connectivity index (χ4n) is 0. The predicted octanol–water partition coefficient (Wildman–Crippen LogP) is -39.0. The van der Waals surface area contributed by atoms with Crippen LogP contribution in [0.3, 0.4) is 0 Å². The van der Waals surface area contributed by atoms with Gasteiger partial charge >= 0.3 is 673 Å². The molecule has 4 radical (unpaired) electrons. The van der Waals surface area contributed by atoms with Crippen LogP contribution < -0.4 is 111 Å². The molecule has 68 heavy (non-hydrogen) atoms. The Balaban J connectivity index is -0.0000000151. The molecule has 45 nitrogen and oxygen atoms in total. The first kappa shape index (κ1) is 155. The maximum absolute atomic E-state index is 8.58. The molecule has 0 N–H and O–H groups in total. The van der Waals surface area contributed by atoms with Gasteiger partial charge in [0.2, 0.25) is 0 Å². The van der Waals surface area contributed by atoms with Gasteiger partial charge in [0.1, 0.15) is 0 Å². The van der Waals surface area contributed by atoms with Crippen LogP contribution in [-0.4, -0.2) is 143 Å². The van der Waals surface area contributed by atoms with Gasteiger partial charge in [-0.05, 0) is 0 Å². The van der Waals surface area contributed by atoms with E-state index in [1.807, 2.05) is 0 Å². The van der Waals surface area contributed by atoms with E-state index in [4.69, 9.17) is 161 Å². The molecule has 0 fully saturated rings. The van der Waals surface area contributed by atoms with Crippen molar-refractivity contribution in [2.75, 3.05) is 0 Å². The molecule has 0 heterocycles. The van der Waals surface area contributed by atoms with E-state index >= 15 is 0 Å². The molecule has 0 bridgehead atoms. The summed E-state index contributed by atoms with van der Waals surface area (Å²) in [6.07, 6.45) is 0. The molecule has 0 aromatic heterocycles. The van der Waals surface area contributed by atoms with Crippen molar-refractivity contribution in [2.45, 2.75) is 0 Å². The number of hydrogen-bond donors (Lipinski definition) is 0. The number of hydrogen-bond acceptors (Lipinski definition) is 45. The van der Waals surface area contributed by atoms with Gasteiger partial charge in [0.25, 0.3) is 0 Å². The summed E-state index contributed by atoms with van der Waals surface area (Å²) in [6.45, 7) is 0. The van der Waals surface area contributed by atoms with E-state index < -0.39 is 279 Å². The molecule has 0 rings (SSSR count). The SMILES string of the molecule is [Bi+3].[Bi+3].[Nb+5].[Nb+5].[O]=[Ti]([O-])[O-].[O]=[Ti]([O-])[O-].[O]=[Ti]([O-])[O-].[O]=[Ti]([O-])[O-].[O]=[Ti]([O-])[O-].[O]=[Ti]([O-])[O-].[O]=[Ti]([O-])[O-].[O]=[Ti]([O-])[O-].[O]=[Ti]([O-])[O-].[O]=[Ti]([O-])[O-].[O]=[Ti]([O-])[O-].[O]=[Ti]([O-])[O-].[O]=[Ti]([O-])[O-].[O]=[Ti]([O-])[O-].[O]=[Ti]([O-])[O-].[Sr+2].[Sr+2].[Ta+5].[Ta+5]. The van der Waals surface area contributed by atoms with Crippen molar-refractivity contribution in [1.29, 1.82) is 0 Å². The normalized spacial score (nSPS) is 5.74. The van der Waals surface area contributed by atoms with Gasteiger partial charge in [-0.2, -0.15) is 0 Å². The van der Waals surface area contributed by atoms with Crippen molar-refractivity contribution in [2.24, 2.45) is 0 Å². The van der Waals surface area contributed by atoms with Crippen LogP contribution in [0.15, 0.2) is 0 Å². The summed E-state index contributed by atoms with van der Waals surface area (Å²) in [6, 6.07) is 0. The third-order valence-electron chi connectivity index (χ3n) is 0. The average Bonchev–Trinajstić information content (AvgIpc) is 2.78. The third kappa shape index (κ3) is 2490. The Kier molecular flexibility index (Phi) is 339. The van der Waals surface area contributed by atoms with E-state index in [0.29, 0.717) is 0 Å². The van der Waals surface area contributed by atoms with Crippen LogP contribution in [0.5, 0.6) is 0 Å². The van der Waals surface area contributed by atoms with Crippen LogP contribution in [0.1, 0.15) is 0 Å². The minimum Gasteiger partial charge on any atom is 2.00 e. The molecular formula is Bi2Nb2O45Sr2Ta2Ti15. The second kappa shape index (κ2) is 149. The molecule has 0 unspecified atom stereocenters. The Labute approximate surface area is 654 Å². The van der Waals surface area contributed by atoms with Gasteiger partial charge in [0.15, 0.2) is 0 Å². The second-order valence-electron chi connectivity index (χ2n) is 3.75. The topological polar surface area (TPSA) is 948 Å². The second-order valence-corrected chi connectivity index (χ2v) is 15.5. The van der Waals surface area contributed by atoms with Gasteiger partial charge < -0.3 is 0 Å².